The number of hydrogen-bond acceptors (Lipinski definition) is 2. The van der Waals surface area contributed by atoms with Gasteiger partial charge in [0.05, 0.1) is 12.5 Å². The molecule has 0 spiro atoms. The van der Waals surface area contributed by atoms with Crippen LogP contribution in [0.1, 0.15) is 32.3 Å². The van der Waals surface area contributed by atoms with Gasteiger partial charge in [0.15, 0.2) is 0 Å². The molecule has 0 heterocycles. The predicted octanol–water partition coefficient (Wildman–Crippen LogP) is 5.12. The second-order valence-electron chi connectivity index (χ2n) is 5.72. The summed E-state index contributed by atoms with van der Waals surface area (Å²) in [5.41, 5.74) is 1.73. The lowest BCUT2D eigenvalue weighted by atomic mass is 9.87. The Hall–Kier alpha value is -2.00. The number of ether oxygens (including phenoxy) is 1. The Balaban J connectivity index is 2.13. The third-order valence-electron chi connectivity index (χ3n) is 3.61. The number of rotatable bonds is 6. The van der Waals surface area contributed by atoms with Crippen molar-refractivity contribution in [2.24, 2.45) is 5.92 Å². The molecule has 2 aromatic carbocycles. The highest BCUT2D eigenvalue weighted by Crippen LogP contribution is 2.27. The third kappa shape index (κ3) is 4.73. The molecule has 1 amide bonds. The molecule has 0 saturated heterocycles. The molecular weight excluding hydrogens is 310 g/mol. The molecule has 1 N–H and O–H groups in total. The Kier molecular flexibility index (Phi) is 6.05. The van der Waals surface area contributed by atoms with Crippen LogP contribution < -0.4 is 10.1 Å². The maximum absolute atomic E-state index is 12.7. The highest BCUT2D eigenvalue weighted by atomic mass is 35.5. The molecule has 2 rings (SSSR count). The molecule has 0 unspecified atom stereocenters. The van der Waals surface area contributed by atoms with E-state index in [2.05, 4.69) is 5.32 Å². The van der Waals surface area contributed by atoms with E-state index < -0.39 is 0 Å². The molecule has 0 bridgehead atoms. The minimum Gasteiger partial charge on any atom is -0.494 e. The SMILES string of the molecule is CCOc1ccc(NC(=O)[C@H](c2ccc(Cl)cc2)C(C)C)cc1. The Morgan fingerprint density at radius 2 is 1.70 bits per heavy atom. The van der Waals surface area contributed by atoms with Gasteiger partial charge in [-0.2, -0.15) is 0 Å². The monoisotopic (exact) mass is 331 g/mol. The van der Waals surface area contributed by atoms with Crippen LogP contribution in [0, 0.1) is 5.92 Å². The first-order chi connectivity index (χ1) is 11.0. The molecule has 23 heavy (non-hydrogen) atoms. The number of anilines is 1. The fourth-order valence-electron chi connectivity index (χ4n) is 2.53. The van der Waals surface area contributed by atoms with Crippen LogP contribution in [0.3, 0.4) is 0 Å². The zero-order valence-corrected chi connectivity index (χ0v) is 14.4. The average molecular weight is 332 g/mol. The first-order valence-corrected chi connectivity index (χ1v) is 8.18. The highest BCUT2D eigenvalue weighted by Gasteiger charge is 2.24. The smallest absolute Gasteiger partial charge is 0.232 e. The molecule has 0 aliphatic carbocycles. The summed E-state index contributed by atoms with van der Waals surface area (Å²) in [6, 6.07) is 14.9. The topological polar surface area (TPSA) is 38.3 Å². The van der Waals surface area contributed by atoms with Gasteiger partial charge in [-0.25, -0.2) is 0 Å². The Morgan fingerprint density at radius 3 is 2.22 bits per heavy atom. The van der Waals surface area contributed by atoms with Crippen LogP contribution in [0.4, 0.5) is 5.69 Å². The number of halogens is 1. The van der Waals surface area contributed by atoms with E-state index in [0.29, 0.717) is 11.6 Å². The molecule has 0 fully saturated rings. The summed E-state index contributed by atoms with van der Waals surface area (Å²) in [6.45, 7) is 6.64. The Bertz CT molecular complexity index is 635. The highest BCUT2D eigenvalue weighted by molar-refractivity contribution is 6.30. The quantitative estimate of drug-likeness (QED) is 0.798. The number of amides is 1. The molecule has 2 aromatic rings. The number of nitrogens with one attached hydrogen (secondary N) is 1. The normalized spacial score (nSPS) is 12.0. The van der Waals surface area contributed by atoms with Gasteiger partial charge in [-0.05, 0) is 54.8 Å². The zero-order valence-electron chi connectivity index (χ0n) is 13.7. The van der Waals surface area contributed by atoms with Crippen LogP contribution in [-0.2, 0) is 4.79 Å². The van der Waals surface area contributed by atoms with Crippen molar-refractivity contribution in [3.63, 3.8) is 0 Å². The van der Waals surface area contributed by atoms with E-state index in [9.17, 15) is 4.79 Å². The molecule has 0 aromatic heterocycles. The molecule has 0 aliphatic rings. The molecule has 1 atom stereocenters. The van der Waals surface area contributed by atoms with E-state index in [1.54, 1.807) is 0 Å². The van der Waals surface area contributed by atoms with Crippen molar-refractivity contribution in [1.82, 2.24) is 0 Å². The molecular formula is C19H22ClNO2. The van der Waals surface area contributed by atoms with Crippen LogP contribution >= 0.6 is 11.6 Å². The summed E-state index contributed by atoms with van der Waals surface area (Å²) in [6.07, 6.45) is 0. The number of hydrogen-bond donors (Lipinski definition) is 1. The molecule has 3 nitrogen and oxygen atoms in total. The van der Waals surface area contributed by atoms with E-state index >= 15 is 0 Å². The van der Waals surface area contributed by atoms with E-state index in [4.69, 9.17) is 16.3 Å². The minimum atomic E-state index is -0.223. The van der Waals surface area contributed by atoms with Gasteiger partial charge in [-0.3, -0.25) is 4.79 Å². The lowest BCUT2D eigenvalue weighted by Gasteiger charge is -2.21. The van der Waals surface area contributed by atoms with Gasteiger partial charge in [-0.1, -0.05) is 37.6 Å². The molecule has 0 saturated carbocycles. The first-order valence-electron chi connectivity index (χ1n) is 7.80. The minimum absolute atomic E-state index is 0.0218. The Morgan fingerprint density at radius 1 is 1.09 bits per heavy atom. The van der Waals surface area contributed by atoms with Crippen LogP contribution in [0.15, 0.2) is 48.5 Å². The fraction of sp³-hybridized carbons (Fsp3) is 0.316. The first kappa shape index (κ1) is 17.4. The summed E-state index contributed by atoms with van der Waals surface area (Å²) in [5, 5.41) is 3.65. The van der Waals surface area contributed by atoms with Crippen molar-refractivity contribution in [3.05, 3.63) is 59.1 Å². The number of carbonyl (C=O) groups excluding carboxylic acids is 1. The van der Waals surface area contributed by atoms with Gasteiger partial charge < -0.3 is 10.1 Å². The molecule has 4 heteroatoms. The second-order valence-corrected chi connectivity index (χ2v) is 6.16. The fourth-order valence-corrected chi connectivity index (χ4v) is 2.66. The van der Waals surface area contributed by atoms with Crippen molar-refractivity contribution in [2.75, 3.05) is 11.9 Å². The largest absolute Gasteiger partial charge is 0.494 e. The number of benzene rings is 2. The second kappa shape index (κ2) is 8.02. The van der Waals surface area contributed by atoms with Gasteiger partial charge >= 0.3 is 0 Å². The zero-order chi connectivity index (χ0) is 16.8. The van der Waals surface area contributed by atoms with Gasteiger partial charge in [0.25, 0.3) is 0 Å². The van der Waals surface area contributed by atoms with E-state index in [-0.39, 0.29) is 17.7 Å². The van der Waals surface area contributed by atoms with Gasteiger partial charge in [0.2, 0.25) is 5.91 Å². The third-order valence-corrected chi connectivity index (χ3v) is 3.86. The van der Waals surface area contributed by atoms with Gasteiger partial charge in [-0.15, -0.1) is 0 Å². The van der Waals surface area contributed by atoms with E-state index in [1.165, 1.54) is 0 Å². The maximum Gasteiger partial charge on any atom is 0.232 e. The van der Waals surface area contributed by atoms with Crippen LogP contribution in [0.5, 0.6) is 5.75 Å². The lowest BCUT2D eigenvalue weighted by Crippen LogP contribution is -2.25. The van der Waals surface area contributed by atoms with Gasteiger partial charge in [0.1, 0.15) is 5.75 Å². The van der Waals surface area contributed by atoms with E-state index in [0.717, 1.165) is 17.0 Å². The van der Waals surface area contributed by atoms with Crippen molar-refractivity contribution in [3.8, 4) is 5.75 Å². The van der Waals surface area contributed by atoms with Crippen LogP contribution in [0.25, 0.3) is 0 Å². The van der Waals surface area contributed by atoms with Crippen LogP contribution in [-0.4, -0.2) is 12.5 Å². The molecule has 0 aliphatic heterocycles. The summed E-state index contributed by atoms with van der Waals surface area (Å²) < 4.78 is 5.41. The Labute approximate surface area is 142 Å². The van der Waals surface area contributed by atoms with Crippen molar-refractivity contribution in [1.29, 1.82) is 0 Å². The average Bonchev–Trinajstić information content (AvgIpc) is 2.51. The van der Waals surface area contributed by atoms with Crippen molar-refractivity contribution < 1.29 is 9.53 Å². The van der Waals surface area contributed by atoms with Crippen LogP contribution in [0.2, 0.25) is 5.02 Å². The summed E-state index contributed by atoms with van der Waals surface area (Å²) in [4.78, 5) is 12.7. The van der Waals surface area contributed by atoms with Crippen molar-refractivity contribution in [2.45, 2.75) is 26.7 Å². The summed E-state index contributed by atoms with van der Waals surface area (Å²) in [5.74, 6) is 0.729. The number of carbonyl (C=O) groups is 1. The van der Waals surface area contributed by atoms with Gasteiger partial charge in [0, 0.05) is 10.7 Å². The van der Waals surface area contributed by atoms with E-state index in [1.807, 2.05) is 69.3 Å². The van der Waals surface area contributed by atoms with Crippen molar-refractivity contribution >= 4 is 23.2 Å². The molecule has 122 valence electrons. The molecule has 0 radical (unpaired) electrons. The summed E-state index contributed by atoms with van der Waals surface area (Å²) >= 11 is 5.93. The summed E-state index contributed by atoms with van der Waals surface area (Å²) in [7, 11) is 0. The maximum atomic E-state index is 12.7. The standard InChI is InChI=1S/C19H22ClNO2/c1-4-23-17-11-9-16(10-12-17)21-19(22)18(13(2)3)14-5-7-15(20)8-6-14/h5-13,18H,4H2,1-3H3,(H,21,22)/t18-/m0/s1. The lowest BCUT2D eigenvalue weighted by molar-refractivity contribution is -0.118. The predicted molar refractivity (Wildman–Crippen MR) is 95.3 cm³/mol.